The summed E-state index contributed by atoms with van der Waals surface area (Å²) in [4.78, 5) is 21.2. The van der Waals surface area contributed by atoms with Crippen molar-refractivity contribution >= 4 is 16.8 Å². The fourth-order valence-corrected chi connectivity index (χ4v) is 3.01. The molecule has 0 radical (unpaired) electrons. The van der Waals surface area contributed by atoms with Crippen molar-refractivity contribution in [1.82, 2.24) is 15.3 Å². The standard InChI is InChI=1S/C20H19N3O3/c24-20(15-11-14-5-1-2-6-16(14)22-12-15)23-17-8-10-25-13-18(17)26-19-7-3-4-9-21-19/h1-7,9,11-12,17-18H,8,10,13H2,(H,23,24)/t17-,18-/m1/s1. The van der Waals surface area contributed by atoms with Gasteiger partial charge in [0.2, 0.25) is 5.88 Å². The van der Waals surface area contributed by atoms with Crippen molar-refractivity contribution in [2.24, 2.45) is 0 Å². The van der Waals surface area contributed by atoms with Crippen molar-refractivity contribution < 1.29 is 14.3 Å². The number of rotatable bonds is 4. The lowest BCUT2D eigenvalue weighted by atomic mass is 10.1. The largest absolute Gasteiger partial charge is 0.470 e. The summed E-state index contributed by atoms with van der Waals surface area (Å²) in [5.74, 6) is 0.361. The lowest BCUT2D eigenvalue weighted by Gasteiger charge is -2.32. The van der Waals surface area contributed by atoms with E-state index in [4.69, 9.17) is 9.47 Å². The molecule has 26 heavy (non-hydrogen) atoms. The zero-order valence-corrected chi connectivity index (χ0v) is 14.2. The molecule has 1 amide bonds. The van der Waals surface area contributed by atoms with Gasteiger partial charge in [0.15, 0.2) is 0 Å². The molecule has 1 saturated heterocycles. The number of fused-ring (bicyclic) bond motifs is 1. The summed E-state index contributed by atoms with van der Waals surface area (Å²) in [6, 6.07) is 14.9. The first-order valence-corrected chi connectivity index (χ1v) is 8.61. The molecule has 0 bridgehead atoms. The molecule has 1 aliphatic rings. The molecule has 6 heteroatoms. The highest BCUT2D eigenvalue weighted by molar-refractivity contribution is 5.97. The van der Waals surface area contributed by atoms with E-state index >= 15 is 0 Å². The van der Waals surface area contributed by atoms with Gasteiger partial charge < -0.3 is 14.8 Å². The average molecular weight is 349 g/mol. The second-order valence-corrected chi connectivity index (χ2v) is 6.18. The van der Waals surface area contributed by atoms with Crippen LogP contribution in [0.2, 0.25) is 0 Å². The Morgan fingerprint density at radius 3 is 2.92 bits per heavy atom. The van der Waals surface area contributed by atoms with Crippen LogP contribution in [-0.4, -0.2) is 41.2 Å². The number of amides is 1. The molecule has 132 valence electrons. The molecular weight excluding hydrogens is 330 g/mol. The molecule has 2 aromatic heterocycles. The van der Waals surface area contributed by atoms with Gasteiger partial charge in [-0.1, -0.05) is 24.3 Å². The van der Waals surface area contributed by atoms with E-state index in [9.17, 15) is 4.79 Å². The molecule has 2 atom stereocenters. The van der Waals surface area contributed by atoms with Crippen LogP contribution in [0.3, 0.4) is 0 Å². The molecule has 0 unspecified atom stereocenters. The zero-order chi connectivity index (χ0) is 17.8. The van der Waals surface area contributed by atoms with Crippen LogP contribution >= 0.6 is 0 Å². The normalized spacial score (nSPS) is 19.8. The predicted molar refractivity (Wildman–Crippen MR) is 97.1 cm³/mol. The number of nitrogens with zero attached hydrogens (tertiary/aromatic N) is 2. The van der Waals surface area contributed by atoms with Crippen LogP contribution in [0.1, 0.15) is 16.8 Å². The first-order chi connectivity index (χ1) is 12.8. The molecule has 1 N–H and O–H groups in total. The van der Waals surface area contributed by atoms with E-state index in [1.165, 1.54) is 0 Å². The molecule has 0 saturated carbocycles. The van der Waals surface area contributed by atoms with E-state index in [0.29, 0.717) is 31.1 Å². The van der Waals surface area contributed by atoms with Crippen molar-refractivity contribution in [3.8, 4) is 5.88 Å². The Morgan fingerprint density at radius 2 is 2.04 bits per heavy atom. The van der Waals surface area contributed by atoms with Crippen LogP contribution in [0.15, 0.2) is 60.9 Å². The van der Waals surface area contributed by atoms with Crippen molar-refractivity contribution in [3.63, 3.8) is 0 Å². The van der Waals surface area contributed by atoms with Crippen LogP contribution in [0, 0.1) is 0 Å². The minimum absolute atomic E-state index is 0.148. The number of aromatic nitrogens is 2. The molecule has 1 aliphatic heterocycles. The van der Waals surface area contributed by atoms with Crippen LogP contribution in [-0.2, 0) is 4.74 Å². The van der Waals surface area contributed by atoms with Gasteiger partial charge in [0.05, 0.1) is 23.7 Å². The van der Waals surface area contributed by atoms with Gasteiger partial charge in [-0.05, 0) is 24.6 Å². The summed E-state index contributed by atoms with van der Waals surface area (Å²) in [5, 5.41) is 4.00. The van der Waals surface area contributed by atoms with Gasteiger partial charge in [-0.25, -0.2) is 4.98 Å². The first-order valence-electron chi connectivity index (χ1n) is 8.61. The number of ether oxygens (including phenoxy) is 2. The van der Waals surface area contributed by atoms with E-state index in [-0.39, 0.29) is 18.1 Å². The number of nitrogens with one attached hydrogen (secondary N) is 1. The van der Waals surface area contributed by atoms with E-state index in [0.717, 1.165) is 10.9 Å². The summed E-state index contributed by atoms with van der Waals surface area (Å²) >= 11 is 0. The Labute approximate surface area is 151 Å². The van der Waals surface area contributed by atoms with Crippen LogP contribution < -0.4 is 10.1 Å². The molecule has 1 aromatic carbocycles. The summed E-state index contributed by atoms with van der Waals surface area (Å²) in [5.41, 5.74) is 1.40. The Hall–Kier alpha value is -2.99. The van der Waals surface area contributed by atoms with Gasteiger partial charge >= 0.3 is 0 Å². The minimum Gasteiger partial charge on any atom is -0.470 e. The van der Waals surface area contributed by atoms with Crippen molar-refractivity contribution in [2.45, 2.75) is 18.6 Å². The number of carbonyl (C=O) groups excluding carboxylic acids is 1. The summed E-state index contributed by atoms with van der Waals surface area (Å²) in [6.07, 6.45) is 3.68. The van der Waals surface area contributed by atoms with Gasteiger partial charge in [0.1, 0.15) is 6.10 Å². The van der Waals surface area contributed by atoms with E-state index in [2.05, 4.69) is 15.3 Å². The SMILES string of the molecule is O=C(N[C@@H]1CCOC[C@H]1Oc1ccccn1)c1cnc2ccccc2c1. The Kier molecular flexibility index (Phi) is 4.75. The molecule has 0 aliphatic carbocycles. The molecule has 4 rings (SSSR count). The predicted octanol–water partition coefficient (Wildman–Crippen LogP) is 2.60. The van der Waals surface area contributed by atoms with Crippen molar-refractivity contribution in [3.05, 3.63) is 66.5 Å². The fourth-order valence-electron chi connectivity index (χ4n) is 3.01. The highest BCUT2D eigenvalue weighted by atomic mass is 16.5. The van der Waals surface area contributed by atoms with Gasteiger partial charge in [-0.2, -0.15) is 0 Å². The molecule has 1 fully saturated rings. The van der Waals surface area contributed by atoms with E-state index in [1.54, 1.807) is 18.5 Å². The molecule has 3 heterocycles. The molecule has 3 aromatic rings. The third kappa shape index (κ3) is 3.65. The van der Waals surface area contributed by atoms with Crippen molar-refractivity contribution in [2.75, 3.05) is 13.2 Å². The third-order valence-corrected chi connectivity index (χ3v) is 4.38. The number of pyridine rings is 2. The topological polar surface area (TPSA) is 73.3 Å². The van der Waals surface area contributed by atoms with Crippen LogP contribution in [0.25, 0.3) is 10.9 Å². The number of hydrogen-bond acceptors (Lipinski definition) is 5. The zero-order valence-electron chi connectivity index (χ0n) is 14.2. The van der Waals surface area contributed by atoms with E-state index < -0.39 is 0 Å². The molecule has 6 nitrogen and oxygen atoms in total. The highest BCUT2D eigenvalue weighted by Crippen LogP contribution is 2.17. The van der Waals surface area contributed by atoms with Crippen LogP contribution in [0.4, 0.5) is 0 Å². The van der Waals surface area contributed by atoms with Crippen LogP contribution in [0.5, 0.6) is 5.88 Å². The third-order valence-electron chi connectivity index (χ3n) is 4.38. The lowest BCUT2D eigenvalue weighted by Crippen LogP contribution is -2.51. The van der Waals surface area contributed by atoms with Gasteiger partial charge in [-0.3, -0.25) is 9.78 Å². The summed E-state index contributed by atoms with van der Waals surface area (Å²) < 4.78 is 11.4. The maximum absolute atomic E-state index is 12.7. The first kappa shape index (κ1) is 16.5. The quantitative estimate of drug-likeness (QED) is 0.784. The highest BCUT2D eigenvalue weighted by Gasteiger charge is 2.29. The average Bonchev–Trinajstić information content (AvgIpc) is 2.70. The molecular formula is C20H19N3O3. The monoisotopic (exact) mass is 349 g/mol. The fraction of sp³-hybridized carbons (Fsp3) is 0.250. The number of benzene rings is 1. The van der Waals surface area contributed by atoms with Gasteiger partial charge in [-0.15, -0.1) is 0 Å². The summed E-state index contributed by atoms with van der Waals surface area (Å²) in [6.45, 7) is 1.00. The van der Waals surface area contributed by atoms with Crippen molar-refractivity contribution in [1.29, 1.82) is 0 Å². The molecule has 0 spiro atoms. The maximum Gasteiger partial charge on any atom is 0.253 e. The Balaban J connectivity index is 1.48. The summed E-state index contributed by atoms with van der Waals surface area (Å²) in [7, 11) is 0. The number of para-hydroxylation sites is 1. The second-order valence-electron chi connectivity index (χ2n) is 6.18. The smallest absolute Gasteiger partial charge is 0.253 e. The minimum atomic E-state index is -0.281. The Morgan fingerprint density at radius 1 is 1.15 bits per heavy atom. The van der Waals surface area contributed by atoms with Gasteiger partial charge in [0, 0.05) is 30.5 Å². The Bertz CT molecular complexity index is 901. The van der Waals surface area contributed by atoms with Gasteiger partial charge in [0.25, 0.3) is 5.91 Å². The number of hydrogen-bond donors (Lipinski definition) is 1. The second kappa shape index (κ2) is 7.49. The van der Waals surface area contributed by atoms with E-state index in [1.807, 2.05) is 42.5 Å². The maximum atomic E-state index is 12.7. The lowest BCUT2D eigenvalue weighted by molar-refractivity contribution is -0.0152. The number of carbonyl (C=O) groups is 1.